The van der Waals surface area contributed by atoms with Crippen LogP contribution in [-0.4, -0.2) is 9.97 Å². The fourth-order valence-corrected chi connectivity index (χ4v) is 1.97. The Hall–Kier alpha value is -1.68. The third-order valence-electron chi connectivity index (χ3n) is 2.54. The largest absolute Gasteiger partial charge is 0.319 e. The third kappa shape index (κ3) is 2.59. The van der Waals surface area contributed by atoms with E-state index in [1.807, 2.05) is 50.3 Å². The van der Waals surface area contributed by atoms with Gasteiger partial charge in [0.1, 0.15) is 5.69 Å². The summed E-state index contributed by atoms with van der Waals surface area (Å²) in [6.45, 7) is 3.80. The van der Waals surface area contributed by atoms with Crippen molar-refractivity contribution >= 4 is 32.5 Å². The summed E-state index contributed by atoms with van der Waals surface area (Å²) in [4.78, 5) is 19.3. The number of nitrogens with zero attached hydrogens (tertiary/aromatic N) is 1. The van der Waals surface area contributed by atoms with Crippen LogP contribution in [0, 0.1) is 0 Å². The Bertz CT molecular complexity index is 694. The van der Waals surface area contributed by atoms with Crippen LogP contribution in [0.2, 0.25) is 0 Å². The fourth-order valence-electron chi connectivity index (χ4n) is 1.73. The van der Waals surface area contributed by atoms with Crippen molar-refractivity contribution in [3.8, 4) is 0 Å². The van der Waals surface area contributed by atoms with Gasteiger partial charge in [-0.3, -0.25) is 4.79 Å². The maximum Gasteiger partial charge on any atom is 0.274 e. The highest BCUT2D eigenvalue weighted by molar-refractivity contribution is 9.11. The molecule has 0 aliphatic carbocycles. The van der Waals surface area contributed by atoms with Gasteiger partial charge in [0.2, 0.25) is 0 Å². The van der Waals surface area contributed by atoms with Crippen molar-refractivity contribution < 1.29 is 0 Å². The zero-order chi connectivity index (χ0) is 13.1. The lowest BCUT2D eigenvalue weighted by molar-refractivity contribution is 1.18. The molecule has 0 radical (unpaired) electrons. The molecule has 0 saturated carbocycles. The number of H-pyrrole nitrogens is 1. The number of nitrogens with one attached hydrogen (secondary N) is 1. The van der Waals surface area contributed by atoms with Crippen molar-refractivity contribution in [2.24, 2.45) is 0 Å². The smallest absolute Gasteiger partial charge is 0.274 e. The molecular weight excluding hydrogens is 292 g/mol. The van der Waals surface area contributed by atoms with E-state index < -0.39 is 0 Å². The number of halogens is 1. The predicted molar refractivity (Wildman–Crippen MR) is 78.7 cm³/mol. The van der Waals surface area contributed by atoms with Crippen molar-refractivity contribution in [3.05, 3.63) is 56.9 Å². The first-order valence-corrected chi connectivity index (χ1v) is 6.40. The lowest BCUT2D eigenvalue weighted by atomic mass is 10.1. The van der Waals surface area contributed by atoms with Gasteiger partial charge in [-0.2, -0.15) is 0 Å². The summed E-state index contributed by atoms with van der Waals surface area (Å²) >= 11 is 3.37. The highest BCUT2D eigenvalue weighted by atomic mass is 79.9. The van der Waals surface area contributed by atoms with Crippen LogP contribution < -0.4 is 5.56 Å². The van der Waals surface area contributed by atoms with Crippen LogP contribution in [-0.2, 0) is 0 Å². The van der Waals surface area contributed by atoms with Crippen molar-refractivity contribution in [2.45, 2.75) is 13.8 Å². The molecule has 92 valence electrons. The van der Waals surface area contributed by atoms with E-state index in [-0.39, 0.29) is 5.56 Å². The number of aromatic amines is 1. The molecule has 0 aliphatic rings. The highest BCUT2D eigenvalue weighted by Crippen LogP contribution is 2.16. The molecule has 0 fully saturated rings. The second kappa shape index (κ2) is 5.31. The monoisotopic (exact) mass is 304 g/mol. The lowest BCUT2D eigenvalue weighted by Crippen LogP contribution is -2.14. The molecule has 0 amide bonds. The van der Waals surface area contributed by atoms with Gasteiger partial charge >= 0.3 is 0 Å². The second-order valence-corrected chi connectivity index (χ2v) is 5.16. The van der Waals surface area contributed by atoms with E-state index in [9.17, 15) is 4.79 Å². The summed E-state index contributed by atoms with van der Waals surface area (Å²) in [6.07, 6.45) is 3.75. The summed E-state index contributed by atoms with van der Waals surface area (Å²) in [5.74, 6) is 0. The van der Waals surface area contributed by atoms with E-state index in [1.165, 1.54) is 0 Å². The molecule has 2 rings (SSSR count). The number of fused-ring (bicyclic) bond motifs is 1. The van der Waals surface area contributed by atoms with Gasteiger partial charge in [0.05, 0.1) is 11.0 Å². The molecule has 1 aromatic heterocycles. The van der Waals surface area contributed by atoms with Gasteiger partial charge in [0.25, 0.3) is 5.56 Å². The van der Waals surface area contributed by atoms with E-state index in [2.05, 4.69) is 25.9 Å². The molecule has 4 heteroatoms. The van der Waals surface area contributed by atoms with Crippen molar-refractivity contribution in [3.63, 3.8) is 0 Å². The summed E-state index contributed by atoms with van der Waals surface area (Å²) in [5.41, 5.74) is 2.60. The van der Waals surface area contributed by atoms with Gasteiger partial charge in [0.15, 0.2) is 0 Å². The van der Waals surface area contributed by atoms with Crippen LogP contribution in [0.15, 0.2) is 45.7 Å². The highest BCUT2D eigenvalue weighted by Gasteiger charge is 2.07. The molecule has 1 N–H and O–H groups in total. The summed E-state index contributed by atoms with van der Waals surface area (Å²) in [7, 11) is 0. The Morgan fingerprint density at radius 1 is 1.39 bits per heavy atom. The lowest BCUT2D eigenvalue weighted by Gasteiger charge is -2.03. The van der Waals surface area contributed by atoms with Gasteiger partial charge in [-0.05, 0) is 36.5 Å². The van der Waals surface area contributed by atoms with Crippen molar-refractivity contribution in [1.29, 1.82) is 0 Å². The first-order valence-electron chi connectivity index (χ1n) is 5.61. The number of para-hydroxylation sites is 2. The minimum absolute atomic E-state index is 0.174. The predicted octanol–water partition coefficient (Wildman–Crippen LogP) is 3.63. The normalized spacial score (nSPS) is 13.1. The van der Waals surface area contributed by atoms with Gasteiger partial charge in [-0.1, -0.05) is 34.1 Å². The van der Waals surface area contributed by atoms with Crippen LogP contribution in [0.3, 0.4) is 0 Å². The zero-order valence-corrected chi connectivity index (χ0v) is 11.8. The molecule has 1 heterocycles. The van der Waals surface area contributed by atoms with E-state index in [1.54, 1.807) is 0 Å². The number of aromatic nitrogens is 2. The fraction of sp³-hybridized carbons (Fsp3) is 0.143. The maximum atomic E-state index is 12.0. The molecule has 0 aliphatic heterocycles. The van der Waals surface area contributed by atoms with Crippen LogP contribution in [0.4, 0.5) is 0 Å². The number of allylic oxidation sites excluding steroid dienone is 4. The molecule has 0 atom stereocenters. The van der Waals surface area contributed by atoms with Crippen molar-refractivity contribution in [2.75, 3.05) is 0 Å². The number of benzene rings is 1. The number of rotatable bonds is 2. The van der Waals surface area contributed by atoms with Gasteiger partial charge in [0, 0.05) is 5.57 Å². The minimum atomic E-state index is -0.174. The average Bonchev–Trinajstić information content (AvgIpc) is 2.35. The van der Waals surface area contributed by atoms with Crippen LogP contribution in [0.1, 0.15) is 19.5 Å². The first-order chi connectivity index (χ1) is 8.61. The molecule has 0 spiro atoms. The Kier molecular flexibility index (Phi) is 3.77. The Labute approximate surface area is 113 Å². The molecule has 0 saturated heterocycles. The van der Waals surface area contributed by atoms with Crippen LogP contribution in [0.5, 0.6) is 0 Å². The SMILES string of the molecule is C/C=C(\C=C(/C)Br)c1nc2ccccc2[nH]c1=O. The first kappa shape index (κ1) is 12.8. The zero-order valence-electron chi connectivity index (χ0n) is 10.2. The van der Waals surface area contributed by atoms with E-state index in [0.717, 1.165) is 21.1 Å². The molecular formula is C14H13BrN2O. The van der Waals surface area contributed by atoms with E-state index in [0.29, 0.717) is 5.69 Å². The van der Waals surface area contributed by atoms with E-state index >= 15 is 0 Å². The third-order valence-corrected chi connectivity index (χ3v) is 2.77. The molecule has 0 unspecified atom stereocenters. The standard InChI is InChI=1S/C14H13BrN2O/c1-3-10(8-9(2)15)13-14(18)17-12-7-5-4-6-11(12)16-13/h3-8H,1-2H3,(H,17,18)/b9-8+,10-3+. The summed E-state index contributed by atoms with van der Waals surface area (Å²) < 4.78 is 0.949. The Balaban J connectivity index is 2.68. The second-order valence-electron chi connectivity index (χ2n) is 3.91. The summed E-state index contributed by atoms with van der Waals surface area (Å²) in [6, 6.07) is 7.50. The van der Waals surface area contributed by atoms with Gasteiger partial charge in [-0.15, -0.1) is 0 Å². The topological polar surface area (TPSA) is 45.8 Å². The average molecular weight is 305 g/mol. The Morgan fingerprint density at radius 3 is 2.78 bits per heavy atom. The number of hydrogen-bond donors (Lipinski definition) is 1. The molecule has 18 heavy (non-hydrogen) atoms. The minimum Gasteiger partial charge on any atom is -0.319 e. The molecule has 2 aromatic rings. The quantitative estimate of drug-likeness (QED) is 0.861. The molecule has 0 bridgehead atoms. The molecule has 1 aromatic carbocycles. The molecule has 3 nitrogen and oxygen atoms in total. The van der Waals surface area contributed by atoms with Crippen LogP contribution in [0.25, 0.3) is 16.6 Å². The van der Waals surface area contributed by atoms with Gasteiger partial charge in [-0.25, -0.2) is 4.98 Å². The maximum absolute atomic E-state index is 12.0. The Morgan fingerprint density at radius 2 is 2.11 bits per heavy atom. The van der Waals surface area contributed by atoms with Crippen molar-refractivity contribution in [1.82, 2.24) is 9.97 Å². The number of hydrogen-bond acceptors (Lipinski definition) is 2. The van der Waals surface area contributed by atoms with Gasteiger partial charge < -0.3 is 4.98 Å². The summed E-state index contributed by atoms with van der Waals surface area (Å²) in [5, 5.41) is 0. The van der Waals surface area contributed by atoms with Crippen LogP contribution >= 0.6 is 15.9 Å². The van der Waals surface area contributed by atoms with E-state index in [4.69, 9.17) is 0 Å².